The van der Waals surface area contributed by atoms with Crippen LogP contribution in [-0.4, -0.2) is 27.3 Å². The van der Waals surface area contributed by atoms with Gasteiger partial charge in [0.1, 0.15) is 5.15 Å². The van der Waals surface area contributed by atoms with E-state index in [-0.39, 0.29) is 6.42 Å². The van der Waals surface area contributed by atoms with Crippen LogP contribution in [0.5, 0.6) is 0 Å². The molecular weight excluding hydrogens is 206 g/mol. The molecule has 0 aliphatic heterocycles. The van der Waals surface area contributed by atoms with Gasteiger partial charge in [-0.3, -0.25) is 0 Å². The summed E-state index contributed by atoms with van der Waals surface area (Å²) < 4.78 is 0. The zero-order valence-electron chi connectivity index (χ0n) is 7.57. The van der Waals surface area contributed by atoms with E-state index < -0.39 is 12.1 Å². The van der Waals surface area contributed by atoms with E-state index in [1.165, 1.54) is 0 Å². The second-order valence-electron chi connectivity index (χ2n) is 3.00. The van der Waals surface area contributed by atoms with Crippen molar-refractivity contribution in [1.29, 1.82) is 0 Å². The fraction of sp³-hybridized carbons (Fsp3) is 0.333. The van der Waals surface area contributed by atoms with Crippen LogP contribution in [0.1, 0.15) is 11.3 Å². The van der Waals surface area contributed by atoms with Crippen LogP contribution >= 0.6 is 11.6 Å². The predicted molar refractivity (Wildman–Crippen MR) is 51.3 cm³/mol. The Hall–Kier alpha value is -1.13. The van der Waals surface area contributed by atoms with E-state index in [0.29, 0.717) is 16.4 Å². The van der Waals surface area contributed by atoms with Gasteiger partial charge in [0.25, 0.3) is 0 Å². The summed E-state index contributed by atoms with van der Waals surface area (Å²) in [7, 11) is 0. The van der Waals surface area contributed by atoms with Crippen LogP contribution in [-0.2, 0) is 11.2 Å². The molecule has 0 aliphatic rings. The molecule has 1 unspecified atom stereocenters. The van der Waals surface area contributed by atoms with E-state index in [4.69, 9.17) is 21.8 Å². The van der Waals surface area contributed by atoms with Gasteiger partial charge in [-0.05, 0) is 24.6 Å². The number of hydrogen-bond donors (Lipinski definition) is 2. The van der Waals surface area contributed by atoms with Crippen molar-refractivity contribution in [3.63, 3.8) is 0 Å². The SMILES string of the molecule is Cc1cc(CC(O)C(=O)O)cc(Cl)n1. The largest absolute Gasteiger partial charge is 0.479 e. The van der Waals surface area contributed by atoms with Gasteiger partial charge in [0.15, 0.2) is 6.10 Å². The monoisotopic (exact) mass is 215 g/mol. The van der Waals surface area contributed by atoms with Crippen molar-refractivity contribution < 1.29 is 15.0 Å². The molecule has 0 saturated heterocycles. The molecule has 0 amide bonds. The minimum atomic E-state index is -1.40. The number of aliphatic carboxylic acids is 1. The Morgan fingerprint density at radius 2 is 2.29 bits per heavy atom. The maximum absolute atomic E-state index is 10.4. The second-order valence-corrected chi connectivity index (χ2v) is 3.38. The van der Waals surface area contributed by atoms with Gasteiger partial charge in [-0.1, -0.05) is 11.6 Å². The molecule has 5 heteroatoms. The molecule has 0 bridgehead atoms. The fourth-order valence-electron chi connectivity index (χ4n) is 1.12. The van der Waals surface area contributed by atoms with Crippen LogP contribution in [0.25, 0.3) is 0 Å². The molecule has 76 valence electrons. The van der Waals surface area contributed by atoms with Gasteiger partial charge in [0, 0.05) is 12.1 Å². The molecule has 1 atom stereocenters. The molecule has 4 nitrogen and oxygen atoms in total. The lowest BCUT2D eigenvalue weighted by Gasteiger charge is -2.06. The van der Waals surface area contributed by atoms with Crippen molar-refractivity contribution in [1.82, 2.24) is 4.98 Å². The van der Waals surface area contributed by atoms with E-state index in [2.05, 4.69) is 4.98 Å². The number of pyridine rings is 1. The molecule has 0 aliphatic carbocycles. The topological polar surface area (TPSA) is 70.4 Å². The third-order valence-corrected chi connectivity index (χ3v) is 1.89. The number of aryl methyl sites for hydroxylation is 1. The Kier molecular flexibility index (Phi) is 3.43. The van der Waals surface area contributed by atoms with E-state index in [1.807, 2.05) is 0 Å². The van der Waals surface area contributed by atoms with Crippen LogP contribution in [0.15, 0.2) is 12.1 Å². The lowest BCUT2D eigenvalue weighted by molar-refractivity contribution is -0.146. The maximum Gasteiger partial charge on any atom is 0.332 e. The van der Waals surface area contributed by atoms with E-state index >= 15 is 0 Å². The van der Waals surface area contributed by atoms with Gasteiger partial charge >= 0.3 is 5.97 Å². The standard InChI is InChI=1S/C9H10ClNO3/c1-5-2-6(4-8(10)11-5)3-7(12)9(13)14/h2,4,7,12H,3H2,1H3,(H,13,14). The molecular formula is C9H10ClNO3. The van der Waals surface area contributed by atoms with E-state index in [1.54, 1.807) is 19.1 Å². The molecule has 0 aromatic carbocycles. The third-order valence-electron chi connectivity index (χ3n) is 1.70. The number of aliphatic hydroxyl groups excluding tert-OH is 1. The quantitative estimate of drug-likeness (QED) is 0.739. The van der Waals surface area contributed by atoms with Gasteiger partial charge in [0.2, 0.25) is 0 Å². The van der Waals surface area contributed by atoms with Crippen molar-refractivity contribution in [2.75, 3.05) is 0 Å². The van der Waals surface area contributed by atoms with Crippen molar-refractivity contribution in [3.05, 3.63) is 28.5 Å². The summed E-state index contributed by atoms with van der Waals surface area (Å²) in [5.41, 5.74) is 1.36. The summed E-state index contributed by atoms with van der Waals surface area (Å²) in [5.74, 6) is -1.24. The first-order chi connectivity index (χ1) is 6.49. The summed E-state index contributed by atoms with van der Waals surface area (Å²) in [4.78, 5) is 14.3. The zero-order chi connectivity index (χ0) is 10.7. The number of rotatable bonds is 3. The molecule has 0 radical (unpaired) electrons. The number of hydrogen-bond acceptors (Lipinski definition) is 3. The van der Waals surface area contributed by atoms with E-state index in [0.717, 1.165) is 0 Å². The smallest absolute Gasteiger partial charge is 0.332 e. The highest BCUT2D eigenvalue weighted by molar-refractivity contribution is 6.29. The Labute approximate surface area is 86.2 Å². The normalized spacial score (nSPS) is 12.5. The van der Waals surface area contributed by atoms with Gasteiger partial charge in [0.05, 0.1) is 0 Å². The van der Waals surface area contributed by atoms with Gasteiger partial charge in [-0.2, -0.15) is 0 Å². The minimum Gasteiger partial charge on any atom is -0.479 e. The third kappa shape index (κ3) is 2.97. The number of nitrogens with zero attached hydrogens (tertiary/aromatic N) is 1. The van der Waals surface area contributed by atoms with Crippen molar-refractivity contribution in [2.45, 2.75) is 19.4 Å². The first-order valence-corrected chi connectivity index (χ1v) is 4.41. The number of carboxylic acid groups (broad SMARTS) is 1. The van der Waals surface area contributed by atoms with Crippen LogP contribution in [0.2, 0.25) is 5.15 Å². The number of carbonyl (C=O) groups is 1. The summed E-state index contributed by atoms with van der Waals surface area (Å²) in [6.07, 6.45) is -1.36. The summed E-state index contributed by atoms with van der Waals surface area (Å²) in [6, 6.07) is 3.23. The second kappa shape index (κ2) is 4.39. The molecule has 0 fully saturated rings. The lowest BCUT2D eigenvalue weighted by Crippen LogP contribution is -2.22. The number of carboxylic acids is 1. The number of halogens is 1. The lowest BCUT2D eigenvalue weighted by atomic mass is 10.1. The Morgan fingerprint density at radius 1 is 1.64 bits per heavy atom. The summed E-state index contributed by atoms with van der Waals surface area (Å²) in [5, 5.41) is 17.9. The number of aliphatic hydroxyl groups is 1. The average Bonchev–Trinajstić information content (AvgIpc) is 2.01. The minimum absolute atomic E-state index is 0.0401. The zero-order valence-corrected chi connectivity index (χ0v) is 8.32. The molecule has 0 spiro atoms. The van der Waals surface area contributed by atoms with E-state index in [9.17, 15) is 4.79 Å². The Balaban J connectivity index is 2.81. The van der Waals surface area contributed by atoms with Crippen molar-refractivity contribution in [3.8, 4) is 0 Å². The molecule has 1 aromatic heterocycles. The van der Waals surface area contributed by atoms with Crippen LogP contribution in [0.3, 0.4) is 0 Å². The average molecular weight is 216 g/mol. The summed E-state index contributed by atoms with van der Waals surface area (Å²) in [6.45, 7) is 1.75. The molecule has 0 saturated carbocycles. The Morgan fingerprint density at radius 3 is 2.79 bits per heavy atom. The van der Waals surface area contributed by atoms with Gasteiger partial charge in [-0.15, -0.1) is 0 Å². The summed E-state index contributed by atoms with van der Waals surface area (Å²) >= 11 is 5.67. The Bertz CT molecular complexity index is 334. The fourth-order valence-corrected chi connectivity index (χ4v) is 1.40. The predicted octanol–water partition coefficient (Wildman–Crippen LogP) is 1.03. The van der Waals surface area contributed by atoms with Crippen molar-refractivity contribution in [2.24, 2.45) is 0 Å². The molecule has 1 rings (SSSR count). The highest BCUT2D eigenvalue weighted by Gasteiger charge is 2.14. The molecule has 14 heavy (non-hydrogen) atoms. The highest BCUT2D eigenvalue weighted by Crippen LogP contribution is 2.12. The molecule has 2 N–H and O–H groups in total. The first-order valence-electron chi connectivity index (χ1n) is 4.03. The molecule has 1 aromatic rings. The van der Waals surface area contributed by atoms with Crippen LogP contribution in [0, 0.1) is 6.92 Å². The maximum atomic E-state index is 10.4. The van der Waals surface area contributed by atoms with Gasteiger partial charge < -0.3 is 10.2 Å². The highest BCUT2D eigenvalue weighted by atomic mass is 35.5. The first kappa shape index (κ1) is 10.9. The van der Waals surface area contributed by atoms with Crippen molar-refractivity contribution >= 4 is 17.6 Å². The van der Waals surface area contributed by atoms with Gasteiger partial charge in [-0.25, -0.2) is 9.78 Å². The molecule has 1 heterocycles. The van der Waals surface area contributed by atoms with Crippen LogP contribution in [0.4, 0.5) is 0 Å². The van der Waals surface area contributed by atoms with Crippen LogP contribution < -0.4 is 0 Å². The number of aromatic nitrogens is 1.